The molecular formula is C33H52O7. The lowest BCUT2D eigenvalue weighted by Crippen LogP contribution is -2.32. The number of unbranched alkanes of at least 4 members (excludes halogenated alkanes) is 1. The molecule has 0 amide bonds. The topological polar surface area (TPSA) is 83.5 Å². The molecule has 0 aromatic rings. The van der Waals surface area contributed by atoms with E-state index >= 15 is 0 Å². The molecule has 5 aliphatic rings. The Hall–Kier alpha value is -1.41. The molecular weight excluding hydrogens is 508 g/mol. The molecule has 4 unspecified atom stereocenters. The first-order chi connectivity index (χ1) is 19.6. The lowest BCUT2D eigenvalue weighted by atomic mass is 9.89. The van der Waals surface area contributed by atoms with Gasteiger partial charge in [0, 0.05) is 44.3 Å². The van der Waals surface area contributed by atoms with Crippen molar-refractivity contribution in [2.75, 3.05) is 13.2 Å². The fraction of sp³-hybridized carbons (Fsp3) is 0.848. The molecule has 5 fully saturated rings. The van der Waals surface area contributed by atoms with Gasteiger partial charge in [0.2, 0.25) is 0 Å². The number of aliphatic carboxylic acids is 1. The van der Waals surface area contributed by atoms with Crippen LogP contribution in [0.5, 0.6) is 0 Å². The Balaban J connectivity index is 1.28. The van der Waals surface area contributed by atoms with E-state index in [4.69, 9.17) is 28.8 Å². The number of fused-ring (bicyclic) bond motifs is 1. The van der Waals surface area contributed by atoms with Crippen molar-refractivity contribution in [2.45, 2.75) is 141 Å². The van der Waals surface area contributed by atoms with Gasteiger partial charge in [-0.15, -0.1) is 0 Å². The molecule has 3 aliphatic heterocycles. The molecule has 0 aromatic carbocycles. The van der Waals surface area contributed by atoms with Gasteiger partial charge in [0.05, 0.1) is 18.0 Å². The molecule has 0 spiro atoms. The summed E-state index contributed by atoms with van der Waals surface area (Å²) >= 11 is 0. The Morgan fingerprint density at radius 2 is 1.85 bits per heavy atom. The van der Waals surface area contributed by atoms with E-state index in [0.717, 1.165) is 76.3 Å². The van der Waals surface area contributed by atoms with E-state index in [1.807, 2.05) is 0 Å². The Morgan fingerprint density at radius 1 is 1.05 bits per heavy atom. The third-order valence-electron chi connectivity index (χ3n) is 9.75. The predicted octanol–water partition coefficient (Wildman–Crippen LogP) is 7.15. The first-order valence-electron chi connectivity index (χ1n) is 16.4. The molecule has 0 bridgehead atoms. The summed E-state index contributed by atoms with van der Waals surface area (Å²) in [5.41, 5.74) is 0. The number of hydrogen-bond donors (Lipinski definition) is 1. The van der Waals surface area contributed by atoms with Crippen LogP contribution in [0.3, 0.4) is 0 Å². The van der Waals surface area contributed by atoms with Gasteiger partial charge in [-0.1, -0.05) is 38.3 Å². The van der Waals surface area contributed by atoms with Crippen LogP contribution in [0.25, 0.3) is 0 Å². The fourth-order valence-electron chi connectivity index (χ4n) is 7.66. The summed E-state index contributed by atoms with van der Waals surface area (Å²) in [6.45, 7) is 3.87. The maximum atomic E-state index is 10.9. The molecule has 2 aliphatic carbocycles. The first-order valence-corrected chi connectivity index (χ1v) is 16.4. The summed E-state index contributed by atoms with van der Waals surface area (Å²) in [5, 5.41) is 8.96. The van der Waals surface area contributed by atoms with E-state index in [9.17, 15) is 4.79 Å². The minimum atomic E-state index is -0.739. The van der Waals surface area contributed by atoms with Gasteiger partial charge in [-0.05, 0) is 82.1 Å². The standard InChI is InChI=1S/C33H52O7/c1-2-9-23-14-15-24(20-23)28(39-32-12-5-7-18-36-32)17-16-26-27-21-25(10-3-4-11-31(34)35)38-30(27)22-29(26)40-33-13-6-8-19-37-33/h10,16-17,23-24,26-30,32-33H,2-9,11-15,18-22H2,1H3,(H,34,35)/t23?,24?,26-,27-,28-,29-,30-,32?,33?/m1/s1. The monoisotopic (exact) mass is 560 g/mol. The number of carbonyl (C=O) groups is 1. The zero-order valence-electron chi connectivity index (χ0n) is 24.6. The van der Waals surface area contributed by atoms with Crippen LogP contribution in [0.1, 0.15) is 110 Å². The Bertz CT molecular complexity index is 844. The highest BCUT2D eigenvalue weighted by Gasteiger charge is 2.49. The summed E-state index contributed by atoms with van der Waals surface area (Å²) in [6.07, 6.45) is 23.1. The molecule has 3 saturated heterocycles. The summed E-state index contributed by atoms with van der Waals surface area (Å²) in [4.78, 5) is 10.9. The van der Waals surface area contributed by atoms with E-state index in [-0.39, 0.29) is 43.2 Å². The molecule has 0 aromatic heterocycles. The molecule has 5 rings (SSSR count). The molecule has 9 atom stereocenters. The second-order valence-electron chi connectivity index (χ2n) is 12.8. The third-order valence-corrected chi connectivity index (χ3v) is 9.75. The molecule has 0 radical (unpaired) electrons. The highest BCUT2D eigenvalue weighted by atomic mass is 16.7. The molecule has 2 saturated carbocycles. The van der Waals surface area contributed by atoms with Crippen molar-refractivity contribution in [1.29, 1.82) is 0 Å². The molecule has 7 heteroatoms. The minimum absolute atomic E-state index is 0.0731. The van der Waals surface area contributed by atoms with E-state index in [1.165, 1.54) is 38.5 Å². The second kappa shape index (κ2) is 15.2. The maximum absolute atomic E-state index is 10.9. The van der Waals surface area contributed by atoms with Crippen LogP contribution >= 0.6 is 0 Å². The van der Waals surface area contributed by atoms with Crippen LogP contribution in [-0.4, -0.2) is 55.2 Å². The number of ether oxygens (including phenoxy) is 5. The smallest absolute Gasteiger partial charge is 0.303 e. The summed E-state index contributed by atoms with van der Waals surface area (Å²) < 4.78 is 31.7. The van der Waals surface area contributed by atoms with Gasteiger partial charge in [-0.3, -0.25) is 4.79 Å². The second-order valence-corrected chi connectivity index (χ2v) is 12.8. The normalized spacial score (nSPS) is 38.1. The fourth-order valence-corrected chi connectivity index (χ4v) is 7.66. The van der Waals surface area contributed by atoms with Gasteiger partial charge in [0.1, 0.15) is 6.10 Å². The van der Waals surface area contributed by atoms with Gasteiger partial charge in [-0.2, -0.15) is 0 Å². The van der Waals surface area contributed by atoms with Crippen molar-refractivity contribution in [3.8, 4) is 0 Å². The molecule has 40 heavy (non-hydrogen) atoms. The zero-order chi connectivity index (χ0) is 27.7. The van der Waals surface area contributed by atoms with Crippen LogP contribution < -0.4 is 0 Å². The number of carboxylic acids is 1. The molecule has 7 nitrogen and oxygen atoms in total. The summed E-state index contributed by atoms with van der Waals surface area (Å²) in [5.74, 6) is 2.24. The third kappa shape index (κ3) is 8.33. The number of hydrogen-bond acceptors (Lipinski definition) is 6. The van der Waals surface area contributed by atoms with Crippen molar-refractivity contribution in [3.05, 3.63) is 24.0 Å². The van der Waals surface area contributed by atoms with Gasteiger partial charge < -0.3 is 28.8 Å². The SMILES string of the molecule is CCCC1CCC([C@@H](C=C[C@@H]2[C@H]3CC(=CCCCC(=O)O)O[C@@H]3C[C@H]2OC2CCCCO2)OC2CCCCO2)C1. The molecule has 226 valence electrons. The average Bonchev–Trinajstić information content (AvgIpc) is 3.66. The number of allylic oxidation sites excluding steroid dienone is 2. The molecule has 3 heterocycles. The zero-order valence-corrected chi connectivity index (χ0v) is 24.6. The van der Waals surface area contributed by atoms with Crippen LogP contribution in [0, 0.1) is 23.7 Å². The highest BCUT2D eigenvalue weighted by molar-refractivity contribution is 5.66. The maximum Gasteiger partial charge on any atom is 0.303 e. The first kappa shape index (κ1) is 30.1. The van der Waals surface area contributed by atoms with Crippen LogP contribution in [0.15, 0.2) is 24.0 Å². The van der Waals surface area contributed by atoms with Crippen molar-refractivity contribution >= 4 is 5.97 Å². The van der Waals surface area contributed by atoms with Crippen LogP contribution in [0.2, 0.25) is 0 Å². The lowest BCUT2D eigenvalue weighted by molar-refractivity contribution is -0.194. The van der Waals surface area contributed by atoms with E-state index < -0.39 is 5.97 Å². The lowest BCUT2D eigenvalue weighted by Gasteiger charge is -2.31. The van der Waals surface area contributed by atoms with Gasteiger partial charge in [0.25, 0.3) is 0 Å². The van der Waals surface area contributed by atoms with Gasteiger partial charge in [0.15, 0.2) is 12.6 Å². The van der Waals surface area contributed by atoms with E-state index in [0.29, 0.717) is 18.3 Å². The van der Waals surface area contributed by atoms with E-state index in [1.54, 1.807) is 0 Å². The van der Waals surface area contributed by atoms with Crippen molar-refractivity contribution < 1.29 is 33.6 Å². The summed E-state index contributed by atoms with van der Waals surface area (Å²) in [6, 6.07) is 0. The van der Waals surface area contributed by atoms with Crippen molar-refractivity contribution in [1.82, 2.24) is 0 Å². The Morgan fingerprint density at radius 3 is 2.58 bits per heavy atom. The largest absolute Gasteiger partial charge is 0.495 e. The van der Waals surface area contributed by atoms with Crippen molar-refractivity contribution in [2.24, 2.45) is 23.7 Å². The number of rotatable bonds is 13. The highest BCUT2D eigenvalue weighted by Crippen LogP contribution is 2.48. The van der Waals surface area contributed by atoms with Gasteiger partial charge in [-0.25, -0.2) is 0 Å². The van der Waals surface area contributed by atoms with E-state index in [2.05, 4.69) is 25.2 Å². The quantitative estimate of drug-likeness (QED) is 0.189. The van der Waals surface area contributed by atoms with Crippen LogP contribution in [0.4, 0.5) is 0 Å². The van der Waals surface area contributed by atoms with Crippen molar-refractivity contribution in [3.63, 3.8) is 0 Å². The summed E-state index contributed by atoms with van der Waals surface area (Å²) in [7, 11) is 0. The minimum Gasteiger partial charge on any atom is -0.495 e. The average molecular weight is 561 g/mol. The predicted molar refractivity (Wildman–Crippen MR) is 152 cm³/mol. The Labute approximate surface area is 241 Å². The molecule has 1 N–H and O–H groups in total. The van der Waals surface area contributed by atoms with Gasteiger partial charge >= 0.3 is 5.97 Å². The van der Waals surface area contributed by atoms with Crippen LogP contribution in [-0.2, 0) is 28.5 Å². The Kier molecular flexibility index (Phi) is 11.4. The number of carboxylic acid groups (broad SMARTS) is 1.